The number of nitrogens with one attached hydrogen (secondary N) is 1. The Hall–Kier alpha value is -0.420. The van der Waals surface area contributed by atoms with Gasteiger partial charge in [-0.15, -0.1) is 0 Å². The molecule has 0 saturated heterocycles. The second-order valence-corrected chi connectivity index (χ2v) is 5.87. The SMILES string of the molecule is CC(Br)CCNC(=O)c1ccc(Br)c(F)c1. The average Bonchev–Trinajstić information content (AvgIpc) is 2.21. The molecule has 2 nitrogen and oxygen atoms in total. The van der Waals surface area contributed by atoms with Gasteiger partial charge in [0.1, 0.15) is 5.82 Å². The molecule has 1 unspecified atom stereocenters. The molecule has 0 aliphatic carbocycles. The maximum Gasteiger partial charge on any atom is 0.251 e. The predicted molar refractivity (Wildman–Crippen MR) is 69.4 cm³/mol. The van der Waals surface area contributed by atoms with E-state index in [1.165, 1.54) is 12.1 Å². The second-order valence-electron chi connectivity index (χ2n) is 3.45. The Morgan fingerprint density at radius 2 is 2.25 bits per heavy atom. The van der Waals surface area contributed by atoms with Crippen molar-refractivity contribution < 1.29 is 9.18 Å². The van der Waals surface area contributed by atoms with Crippen LogP contribution < -0.4 is 5.32 Å². The van der Waals surface area contributed by atoms with Crippen LogP contribution in [-0.4, -0.2) is 17.3 Å². The van der Waals surface area contributed by atoms with E-state index in [4.69, 9.17) is 0 Å². The zero-order valence-electron chi connectivity index (χ0n) is 8.77. The fourth-order valence-corrected chi connectivity index (χ4v) is 1.60. The summed E-state index contributed by atoms with van der Waals surface area (Å²) in [5.41, 5.74) is 0.336. The lowest BCUT2D eigenvalue weighted by atomic mass is 10.2. The largest absolute Gasteiger partial charge is 0.352 e. The summed E-state index contributed by atoms with van der Waals surface area (Å²) >= 11 is 6.42. The maximum absolute atomic E-state index is 13.2. The number of halogens is 3. The number of hydrogen-bond donors (Lipinski definition) is 1. The quantitative estimate of drug-likeness (QED) is 0.825. The first-order valence-electron chi connectivity index (χ1n) is 4.88. The third-order valence-electron chi connectivity index (χ3n) is 2.01. The van der Waals surface area contributed by atoms with Crippen LogP contribution in [0.5, 0.6) is 0 Å². The third kappa shape index (κ3) is 4.22. The molecule has 0 aliphatic heterocycles. The van der Waals surface area contributed by atoms with E-state index in [1.807, 2.05) is 6.92 Å². The van der Waals surface area contributed by atoms with Crippen LogP contribution in [0.4, 0.5) is 4.39 Å². The summed E-state index contributed by atoms with van der Waals surface area (Å²) in [6.07, 6.45) is 0.838. The zero-order valence-corrected chi connectivity index (χ0v) is 11.9. The van der Waals surface area contributed by atoms with E-state index in [9.17, 15) is 9.18 Å². The van der Waals surface area contributed by atoms with Crippen LogP contribution in [0.2, 0.25) is 0 Å². The highest BCUT2D eigenvalue weighted by Crippen LogP contribution is 2.16. The molecule has 1 N–H and O–H groups in total. The smallest absolute Gasteiger partial charge is 0.251 e. The number of alkyl halides is 1. The Balaban J connectivity index is 2.56. The molecule has 5 heteroatoms. The second kappa shape index (κ2) is 6.35. The van der Waals surface area contributed by atoms with Gasteiger partial charge in [-0.1, -0.05) is 22.9 Å². The van der Waals surface area contributed by atoms with Crippen LogP contribution in [0.25, 0.3) is 0 Å². The first kappa shape index (κ1) is 13.6. The molecule has 1 rings (SSSR count). The van der Waals surface area contributed by atoms with Gasteiger partial charge in [-0.3, -0.25) is 4.79 Å². The van der Waals surface area contributed by atoms with Crippen LogP contribution in [0.3, 0.4) is 0 Å². The van der Waals surface area contributed by atoms with E-state index in [-0.39, 0.29) is 5.91 Å². The molecule has 88 valence electrons. The maximum atomic E-state index is 13.2. The van der Waals surface area contributed by atoms with Gasteiger partial charge in [0.05, 0.1) is 4.47 Å². The molecule has 0 spiro atoms. The first-order valence-corrected chi connectivity index (χ1v) is 6.59. The molecule has 0 aliphatic rings. The zero-order chi connectivity index (χ0) is 12.1. The molecule has 1 aromatic carbocycles. The Bertz CT molecular complexity index is 382. The van der Waals surface area contributed by atoms with E-state index in [2.05, 4.69) is 37.2 Å². The fraction of sp³-hybridized carbons (Fsp3) is 0.364. The van der Waals surface area contributed by atoms with Gasteiger partial charge >= 0.3 is 0 Å². The van der Waals surface area contributed by atoms with Crippen molar-refractivity contribution in [2.75, 3.05) is 6.54 Å². The highest BCUT2D eigenvalue weighted by Gasteiger charge is 2.08. The molecule has 0 radical (unpaired) electrons. The molecule has 0 fully saturated rings. The lowest BCUT2D eigenvalue weighted by Gasteiger charge is -2.06. The molecule has 0 aromatic heterocycles. The van der Waals surface area contributed by atoms with Crippen molar-refractivity contribution in [1.29, 1.82) is 0 Å². The van der Waals surface area contributed by atoms with E-state index in [0.29, 0.717) is 21.4 Å². The summed E-state index contributed by atoms with van der Waals surface area (Å²) in [5, 5.41) is 2.73. The summed E-state index contributed by atoms with van der Waals surface area (Å²) in [6.45, 7) is 2.58. The normalized spacial score (nSPS) is 12.2. The van der Waals surface area contributed by atoms with Gasteiger partial charge in [-0.25, -0.2) is 4.39 Å². The van der Waals surface area contributed by atoms with Crippen molar-refractivity contribution in [3.05, 3.63) is 34.1 Å². The number of carbonyl (C=O) groups excluding carboxylic acids is 1. The lowest BCUT2D eigenvalue weighted by molar-refractivity contribution is 0.0953. The van der Waals surface area contributed by atoms with Crippen molar-refractivity contribution in [1.82, 2.24) is 5.32 Å². The minimum absolute atomic E-state index is 0.250. The van der Waals surface area contributed by atoms with Gasteiger partial charge in [0, 0.05) is 16.9 Å². The summed E-state index contributed by atoms with van der Waals surface area (Å²) < 4.78 is 13.5. The summed E-state index contributed by atoms with van der Waals surface area (Å²) in [4.78, 5) is 11.9. The summed E-state index contributed by atoms with van der Waals surface area (Å²) in [5.74, 6) is -0.680. The molecule has 0 heterocycles. The number of amides is 1. The highest BCUT2D eigenvalue weighted by atomic mass is 79.9. The number of benzene rings is 1. The monoisotopic (exact) mass is 351 g/mol. The molecule has 16 heavy (non-hydrogen) atoms. The molecular weight excluding hydrogens is 341 g/mol. The predicted octanol–water partition coefficient (Wildman–Crippen LogP) is 3.49. The Morgan fingerprint density at radius 1 is 1.56 bits per heavy atom. The number of carbonyl (C=O) groups is 1. The van der Waals surface area contributed by atoms with Crippen LogP contribution >= 0.6 is 31.9 Å². The van der Waals surface area contributed by atoms with Crippen molar-refractivity contribution >= 4 is 37.8 Å². The standard InChI is InChI=1S/C11H12Br2FNO/c1-7(12)4-5-15-11(16)8-2-3-9(13)10(14)6-8/h2-3,6-7H,4-5H2,1H3,(H,15,16). The Labute approximate surface area is 111 Å². The molecular formula is C11H12Br2FNO. The first-order chi connectivity index (χ1) is 7.50. The minimum Gasteiger partial charge on any atom is -0.352 e. The van der Waals surface area contributed by atoms with Crippen molar-refractivity contribution in [2.24, 2.45) is 0 Å². The summed E-state index contributed by atoms with van der Waals surface area (Å²) in [6, 6.07) is 4.33. The van der Waals surface area contributed by atoms with Gasteiger partial charge in [-0.05, 0) is 40.5 Å². The topological polar surface area (TPSA) is 29.1 Å². The number of rotatable bonds is 4. The van der Waals surface area contributed by atoms with Crippen LogP contribution in [0, 0.1) is 5.82 Å². The van der Waals surface area contributed by atoms with Crippen molar-refractivity contribution in [3.8, 4) is 0 Å². The van der Waals surface area contributed by atoms with Crippen LogP contribution in [-0.2, 0) is 0 Å². The Kier molecular flexibility index (Phi) is 5.41. The van der Waals surface area contributed by atoms with Gasteiger partial charge < -0.3 is 5.32 Å². The lowest BCUT2D eigenvalue weighted by Crippen LogP contribution is -2.25. The van der Waals surface area contributed by atoms with Crippen LogP contribution in [0.1, 0.15) is 23.7 Å². The number of hydrogen-bond acceptors (Lipinski definition) is 1. The van der Waals surface area contributed by atoms with Gasteiger partial charge in [0.2, 0.25) is 0 Å². The molecule has 1 aromatic rings. The molecule has 0 bridgehead atoms. The van der Waals surface area contributed by atoms with Gasteiger partial charge in [0.15, 0.2) is 0 Å². The Morgan fingerprint density at radius 3 is 2.81 bits per heavy atom. The highest BCUT2D eigenvalue weighted by molar-refractivity contribution is 9.10. The summed E-state index contributed by atoms with van der Waals surface area (Å²) in [7, 11) is 0. The fourth-order valence-electron chi connectivity index (χ4n) is 1.12. The molecule has 1 amide bonds. The van der Waals surface area contributed by atoms with E-state index in [1.54, 1.807) is 6.07 Å². The average molecular weight is 353 g/mol. The van der Waals surface area contributed by atoms with Crippen molar-refractivity contribution in [2.45, 2.75) is 18.2 Å². The van der Waals surface area contributed by atoms with Crippen LogP contribution in [0.15, 0.2) is 22.7 Å². The van der Waals surface area contributed by atoms with E-state index in [0.717, 1.165) is 6.42 Å². The van der Waals surface area contributed by atoms with E-state index < -0.39 is 5.82 Å². The molecule has 0 saturated carbocycles. The minimum atomic E-state index is -0.429. The van der Waals surface area contributed by atoms with Crippen molar-refractivity contribution in [3.63, 3.8) is 0 Å². The van der Waals surface area contributed by atoms with Gasteiger partial charge in [0.25, 0.3) is 5.91 Å². The van der Waals surface area contributed by atoms with Gasteiger partial charge in [-0.2, -0.15) is 0 Å². The molecule has 1 atom stereocenters. The third-order valence-corrected chi connectivity index (χ3v) is 3.11. The van der Waals surface area contributed by atoms with E-state index >= 15 is 0 Å².